The van der Waals surface area contributed by atoms with Crippen LogP contribution in [-0.2, 0) is 0 Å². The Hall–Kier alpha value is -1.29. The number of halogens is 1. The number of hydrogen-bond acceptors (Lipinski definition) is 3. The standard InChI is InChI=1S/C11H15FN2O/c12-8-5-4-7(11(15)10(8)13)9-3-1-2-6-14-9/h4-5,9,14-15H,1-3,6,13H2/t9-/m0/s1. The van der Waals surface area contributed by atoms with Crippen molar-refractivity contribution < 1.29 is 9.50 Å². The van der Waals surface area contributed by atoms with Gasteiger partial charge in [0.1, 0.15) is 17.3 Å². The van der Waals surface area contributed by atoms with Crippen LogP contribution in [0.15, 0.2) is 12.1 Å². The van der Waals surface area contributed by atoms with E-state index in [-0.39, 0.29) is 17.5 Å². The minimum absolute atomic E-state index is 0.0987. The summed E-state index contributed by atoms with van der Waals surface area (Å²) in [7, 11) is 0. The van der Waals surface area contributed by atoms with Gasteiger partial charge < -0.3 is 16.2 Å². The van der Waals surface area contributed by atoms with Crippen molar-refractivity contribution in [1.29, 1.82) is 0 Å². The van der Waals surface area contributed by atoms with Crippen molar-refractivity contribution in [3.8, 4) is 5.75 Å². The molecule has 0 aromatic heterocycles. The monoisotopic (exact) mass is 210 g/mol. The van der Waals surface area contributed by atoms with Crippen molar-refractivity contribution in [2.75, 3.05) is 12.3 Å². The predicted octanol–water partition coefficient (Wildman–Crippen LogP) is 1.93. The maximum atomic E-state index is 13.0. The highest BCUT2D eigenvalue weighted by Gasteiger charge is 2.20. The van der Waals surface area contributed by atoms with Crippen LogP contribution in [-0.4, -0.2) is 11.7 Å². The first-order chi connectivity index (χ1) is 7.20. The number of nitrogens with one attached hydrogen (secondary N) is 1. The molecule has 0 saturated carbocycles. The van der Waals surface area contributed by atoms with Gasteiger partial charge in [-0.15, -0.1) is 0 Å². The lowest BCUT2D eigenvalue weighted by Crippen LogP contribution is -2.26. The molecule has 15 heavy (non-hydrogen) atoms. The molecule has 0 amide bonds. The summed E-state index contributed by atoms with van der Waals surface area (Å²) in [6.45, 7) is 0.932. The second kappa shape index (κ2) is 4.06. The number of benzene rings is 1. The molecule has 1 heterocycles. The number of anilines is 1. The average molecular weight is 210 g/mol. The van der Waals surface area contributed by atoms with Gasteiger partial charge in [0, 0.05) is 11.6 Å². The van der Waals surface area contributed by atoms with Crippen LogP contribution in [0.1, 0.15) is 30.9 Å². The van der Waals surface area contributed by atoms with Crippen LogP contribution < -0.4 is 11.1 Å². The van der Waals surface area contributed by atoms with Gasteiger partial charge in [0.05, 0.1) is 0 Å². The Morgan fingerprint density at radius 1 is 1.40 bits per heavy atom. The molecular formula is C11H15FN2O. The Morgan fingerprint density at radius 3 is 2.87 bits per heavy atom. The molecule has 1 fully saturated rings. The highest BCUT2D eigenvalue weighted by molar-refractivity contribution is 5.57. The SMILES string of the molecule is Nc1c(F)ccc([C@@H]2CCCCN2)c1O. The fraction of sp³-hybridized carbons (Fsp3) is 0.455. The fourth-order valence-electron chi connectivity index (χ4n) is 2.00. The Balaban J connectivity index is 2.31. The molecular weight excluding hydrogens is 195 g/mol. The van der Waals surface area contributed by atoms with E-state index < -0.39 is 5.82 Å². The summed E-state index contributed by atoms with van der Waals surface area (Å²) >= 11 is 0. The van der Waals surface area contributed by atoms with E-state index in [2.05, 4.69) is 5.32 Å². The number of hydrogen-bond donors (Lipinski definition) is 3. The first-order valence-corrected chi connectivity index (χ1v) is 5.20. The molecule has 0 aliphatic carbocycles. The van der Waals surface area contributed by atoms with E-state index in [1.165, 1.54) is 6.07 Å². The number of phenols is 1. The third-order valence-electron chi connectivity index (χ3n) is 2.88. The molecule has 0 radical (unpaired) electrons. The van der Waals surface area contributed by atoms with Crippen molar-refractivity contribution in [2.24, 2.45) is 0 Å². The van der Waals surface area contributed by atoms with Crippen molar-refractivity contribution in [2.45, 2.75) is 25.3 Å². The summed E-state index contributed by atoms with van der Waals surface area (Å²) < 4.78 is 13.0. The molecule has 1 aliphatic rings. The van der Waals surface area contributed by atoms with Gasteiger partial charge >= 0.3 is 0 Å². The number of rotatable bonds is 1. The molecule has 2 rings (SSSR count). The van der Waals surface area contributed by atoms with Gasteiger partial charge in [-0.3, -0.25) is 0 Å². The molecule has 0 bridgehead atoms. The van der Waals surface area contributed by atoms with Gasteiger partial charge in [-0.25, -0.2) is 4.39 Å². The fourth-order valence-corrected chi connectivity index (χ4v) is 2.00. The summed E-state index contributed by atoms with van der Waals surface area (Å²) in [5, 5.41) is 13.0. The minimum Gasteiger partial charge on any atom is -0.505 e. The maximum Gasteiger partial charge on any atom is 0.149 e. The lowest BCUT2D eigenvalue weighted by Gasteiger charge is -2.24. The zero-order valence-electron chi connectivity index (χ0n) is 8.46. The molecule has 1 atom stereocenters. The summed E-state index contributed by atoms with van der Waals surface area (Å²) in [5.74, 6) is -0.679. The first kappa shape index (κ1) is 10.2. The molecule has 0 unspecified atom stereocenters. The number of nitrogen functional groups attached to an aromatic ring is 1. The normalized spacial score (nSPS) is 21.5. The van der Waals surface area contributed by atoms with E-state index in [9.17, 15) is 9.50 Å². The van der Waals surface area contributed by atoms with Crippen molar-refractivity contribution in [3.05, 3.63) is 23.5 Å². The smallest absolute Gasteiger partial charge is 0.149 e. The second-order valence-electron chi connectivity index (χ2n) is 3.90. The average Bonchev–Trinajstić information content (AvgIpc) is 2.27. The molecule has 1 aromatic carbocycles. The molecule has 4 N–H and O–H groups in total. The third-order valence-corrected chi connectivity index (χ3v) is 2.88. The third kappa shape index (κ3) is 1.90. The van der Waals surface area contributed by atoms with Crippen molar-refractivity contribution in [3.63, 3.8) is 0 Å². The number of nitrogens with two attached hydrogens (primary N) is 1. The van der Waals surface area contributed by atoms with Crippen LogP contribution in [0.3, 0.4) is 0 Å². The number of aromatic hydroxyl groups is 1. The molecule has 3 nitrogen and oxygen atoms in total. The van der Waals surface area contributed by atoms with Crippen LogP contribution in [0.25, 0.3) is 0 Å². The second-order valence-corrected chi connectivity index (χ2v) is 3.90. The molecule has 1 saturated heterocycles. The van der Waals surface area contributed by atoms with Crippen molar-refractivity contribution in [1.82, 2.24) is 5.32 Å². The highest BCUT2D eigenvalue weighted by atomic mass is 19.1. The Bertz CT molecular complexity index is 362. The largest absolute Gasteiger partial charge is 0.505 e. The summed E-state index contributed by atoms with van der Waals surface area (Å²) in [6.07, 6.45) is 3.22. The minimum atomic E-state index is -0.563. The van der Waals surface area contributed by atoms with Crippen molar-refractivity contribution >= 4 is 5.69 Å². The summed E-state index contributed by atoms with van der Waals surface area (Å²) in [4.78, 5) is 0. The first-order valence-electron chi connectivity index (χ1n) is 5.20. The Kier molecular flexibility index (Phi) is 2.77. The number of phenolic OH excluding ortho intramolecular Hbond substituents is 1. The zero-order chi connectivity index (χ0) is 10.8. The molecule has 0 spiro atoms. The summed E-state index contributed by atoms with van der Waals surface area (Å²) in [6, 6.07) is 3.01. The van der Waals surface area contributed by atoms with E-state index in [1.807, 2.05) is 0 Å². The molecule has 4 heteroatoms. The Morgan fingerprint density at radius 2 is 2.20 bits per heavy atom. The van der Waals surface area contributed by atoms with Gasteiger partial charge in [-0.05, 0) is 25.5 Å². The topological polar surface area (TPSA) is 58.3 Å². The van der Waals surface area contributed by atoms with Crippen LogP contribution in [0.5, 0.6) is 5.75 Å². The van der Waals surface area contributed by atoms with Crippen LogP contribution in [0.2, 0.25) is 0 Å². The maximum absolute atomic E-state index is 13.0. The quantitative estimate of drug-likeness (QED) is 0.490. The van der Waals surface area contributed by atoms with Gasteiger partial charge in [-0.1, -0.05) is 12.5 Å². The van der Waals surface area contributed by atoms with Crippen LogP contribution in [0.4, 0.5) is 10.1 Å². The van der Waals surface area contributed by atoms with E-state index in [0.717, 1.165) is 25.8 Å². The molecule has 1 aliphatic heterocycles. The van der Waals surface area contributed by atoms with Gasteiger partial charge in [0.15, 0.2) is 0 Å². The molecule has 82 valence electrons. The van der Waals surface area contributed by atoms with E-state index >= 15 is 0 Å². The lowest BCUT2D eigenvalue weighted by molar-refractivity contribution is 0.390. The predicted molar refractivity (Wildman–Crippen MR) is 57.1 cm³/mol. The van der Waals surface area contributed by atoms with E-state index in [4.69, 9.17) is 5.73 Å². The Labute approximate surface area is 88.1 Å². The number of piperidine rings is 1. The van der Waals surface area contributed by atoms with Crippen LogP contribution >= 0.6 is 0 Å². The highest BCUT2D eigenvalue weighted by Crippen LogP contribution is 2.34. The van der Waals surface area contributed by atoms with Crippen LogP contribution in [0, 0.1) is 5.82 Å². The van der Waals surface area contributed by atoms with E-state index in [1.54, 1.807) is 6.07 Å². The van der Waals surface area contributed by atoms with Gasteiger partial charge in [-0.2, -0.15) is 0 Å². The molecule has 1 aromatic rings. The van der Waals surface area contributed by atoms with Gasteiger partial charge in [0.2, 0.25) is 0 Å². The van der Waals surface area contributed by atoms with Gasteiger partial charge in [0.25, 0.3) is 0 Å². The van der Waals surface area contributed by atoms with E-state index in [0.29, 0.717) is 5.56 Å². The zero-order valence-corrected chi connectivity index (χ0v) is 8.46. The lowest BCUT2D eigenvalue weighted by atomic mass is 9.96. The summed E-state index contributed by atoms with van der Waals surface area (Å²) in [5.41, 5.74) is 5.99.